The van der Waals surface area contributed by atoms with Gasteiger partial charge in [-0.15, -0.1) is 23.2 Å². The molecule has 25 heavy (non-hydrogen) atoms. The van der Waals surface area contributed by atoms with Crippen LogP contribution in [0, 0.1) is 5.92 Å². The van der Waals surface area contributed by atoms with Gasteiger partial charge < -0.3 is 4.74 Å². The minimum atomic E-state index is 0.0361. The predicted octanol–water partition coefficient (Wildman–Crippen LogP) is 7.51. The van der Waals surface area contributed by atoms with Crippen LogP contribution in [0.25, 0.3) is 0 Å². The Kier molecular flexibility index (Phi) is 10.3. The smallest absolute Gasteiger partial charge is 0.0882 e. The summed E-state index contributed by atoms with van der Waals surface area (Å²) >= 11 is 12.9. The van der Waals surface area contributed by atoms with E-state index < -0.39 is 0 Å². The van der Waals surface area contributed by atoms with Crippen molar-refractivity contribution in [3.63, 3.8) is 0 Å². The summed E-state index contributed by atoms with van der Waals surface area (Å²) in [4.78, 5) is 0. The molecule has 0 saturated carbocycles. The number of unbranched alkanes of at least 4 members (excludes halogenated alkanes) is 7. The highest BCUT2D eigenvalue weighted by atomic mass is 35.5. The molecule has 1 saturated heterocycles. The first-order valence-electron chi connectivity index (χ1n) is 10.2. The monoisotopic (exact) mass is 384 g/mol. The Morgan fingerprint density at radius 3 is 2.24 bits per heavy atom. The largest absolute Gasteiger partial charge is 0.370 e. The van der Waals surface area contributed by atoms with Crippen LogP contribution in [0.1, 0.15) is 82.8 Å². The molecule has 0 N–H and O–H groups in total. The van der Waals surface area contributed by atoms with E-state index in [0.29, 0.717) is 5.88 Å². The van der Waals surface area contributed by atoms with E-state index in [2.05, 4.69) is 31.2 Å². The van der Waals surface area contributed by atoms with Gasteiger partial charge in [-0.1, -0.05) is 88.6 Å². The third-order valence-corrected chi connectivity index (χ3v) is 6.22. The van der Waals surface area contributed by atoms with Crippen molar-refractivity contribution in [2.45, 2.75) is 88.7 Å². The summed E-state index contributed by atoms with van der Waals surface area (Å²) in [5.41, 5.74) is 1.21. The fourth-order valence-electron chi connectivity index (χ4n) is 3.82. The van der Waals surface area contributed by atoms with Gasteiger partial charge in [0.1, 0.15) is 0 Å². The second-order valence-corrected chi connectivity index (χ2v) is 8.29. The minimum Gasteiger partial charge on any atom is -0.370 e. The van der Waals surface area contributed by atoms with Crippen LogP contribution in [-0.2, 0) is 4.74 Å². The standard InChI is InChI=1S/C22H34Cl2O/c1-2-3-4-5-6-7-8-12-15-19-16-21(24)20(17-23)22(25-19)18-13-10-9-11-14-18/h9-11,13-14,19-22H,2-8,12,15-17H2,1H3/t19-,20-,21+,22+/m0/s1. The van der Waals surface area contributed by atoms with E-state index in [9.17, 15) is 0 Å². The second-order valence-electron chi connectivity index (χ2n) is 7.42. The number of alkyl halides is 2. The van der Waals surface area contributed by atoms with Gasteiger partial charge in [-0.2, -0.15) is 0 Å². The Labute approximate surface area is 164 Å². The Morgan fingerprint density at radius 2 is 1.60 bits per heavy atom. The van der Waals surface area contributed by atoms with Gasteiger partial charge in [0.15, 0.2) is 0 Å². The SMILES string of the molecule is CCCCCCCCCC[C@H]1C[C@@H](Cl)[C@H](CCl)[C@@H](c2ccccc2)O1. The molecule has 0 aliphatic carbocycles. The molecule has 1 aromatic rings. The fourth-order valence-corrected chi connectivity index (χ4v) is 4.71. The zero-order chi connectivity index (χ0) is 17.9. The Morgan fingerprint density at radius 1 is 0.960 bits per heavy atom. The van der Waals surface area contributed by atoms with E-state index in [1.165, 1.54) is 56.9 Å². The molecule has 0 amide bonds. The molecule has 0 radical (unpaired) electrons. The van der Waals surface area contributed by atoms with Crippen LogP contribution >= 0.6 is 23.2 Å². The number of rotatable bonds is 11. The molecular weight excluding hydrogens is 351 g/mol. The van der Waals surface area contributed by atoms with Gasteiger partial charge in [0.25, 0.3) is 0 Å². The fraction of sp³-hybridized carbons (Fsp3) is 0.727. The lowest BCUT2D eigenvalue weighted by Crippen LogP contribution is -2.38. The van der Waals surface area contributed by atoms with Crippen molar-refractivity contribution in [2.24, 2.45) is 5.92 Å². The van der Waals surface area contributed by atoms with E-state index in [4.69, 9.17) is 27.9 Å². The highest BCUT2D eigenvalue weighted by molar-refractivity contribution is 6.22. The number of hydrogen-bond acceptors (Lipinski definition) is 1. The number of ether oxygens (including phenoxy) is 1. The maximum absolute atomic E-state index is 6.67. The molecule has 0 aromatic heterocycles. The van der Waals surface area contributed by atoms with Crippen molar-refractivity contribution in [1.82, 2.24) is 0 Å². The third-order valence-electron chi connectivity index (χ3n) is 5.37. The summed E-state index contributed by atoms with van der Waals surface area (Å²) in [6.07, 6.45) is 13.1. The van der Waals surface area contributed by atoms with Crippen LogP contribution in [0.15, 0.2) is 30.3 Å². The van der Waals surface area contributed by atoms with Crippen LogP contribution in [0.4, 0.5) is 0 Å². The van der Waals surface area contributed by atoms with Gasteiger partial charge in [-0.25, -0.2) is 0 Å². The lowest BCUT2D eigenvalue weighted by Gasteiger charge is -2.39. The predicted molar refractivity (Wildman–Crippen MR) is 110 cm³/mol. The summed E-state index contributed by atoms with van der Waals surface area (Å²) in [5.74, 6) is 0.749. The lowest BCUT2D eigenvalue weighted by molar-refractivity contribution is -0.0815. The van der Waals surface area contributed by atoms with Crippen LogP contribution in [0.2, 0.25) is 0 Å². The van der Waals surface area contributed by atoms with Gasteiger partial charge in [0.05, 0.1) is 12.2 Å². The Bertz CT molecular complexity index is 451. The van der Waals surface area contributed by atoms with E-state index in [1.54, 1.807) is 0 Å². The molecular formula is C22H34Cl2O. The van der Waals surface area contributed by atoms with E-state index in [1.807, 2.05) is 6.07 Å². The lowest BCUT2D eigenvalue weighted by atomic mass is 9.87. The molecule has 0 bridgehead atoms. The van der Waals surface area contributed by atoms with Crippen LogP contribution in [0.5, 0.6) is 0 Å². The highest BCUT2D eigenvalue weighted by Crippen LogP contribution is 2.40. The molecule has 1 aliphatic rings. The topological polar surface area (TPSA) is 9.23 Å². The molecule has 1 fully saturated rings. The molecule has 1 nitrogen and oxygen atoms in total. The normalized spacial score (nSPS) is 26.7. The zero-order valence-electron chi connectivity index (χ0n) is 15.6. The molecule has 0 spiro atoms. The molecule has 142 valence electrons. The van der Waals surface area contributed by atoms with Crippen molar-refractivity contribution in [3.05, 3.63) is 35.9 Å². The van der Waals surface area contributed by atoms with Gasteiger partial charge in [-0.3, -0.25) is 0 Å². The molecule has 0 unspecified atom stereocenters. The van der Waals surface area contributed by atoms with Crippen LogP contribution in [0.3, 0.4) is 0 Å². The maximum atomic E-state index is 6.67. The summed E-state index contributed by atoms with van der Waals surface area (Å²) in [6, 6.07) is 10.4. The summed E-state index contributed by atoms with van der Waals surface area (Å²) in [5, 5.41) is 0.107. The van der Waals surface area contributed by atoms with E-state index in [0.717, 1.165) is 12.8 Å². The van der Waals surface area contributed by atoms with Gasteiger partial charge in [0.2, 0.25) is 0 Å². The molecule has 1 heterocycles. The molecule has 3 heteroatoms. The van der Waals surface area contributed by atoms with Crippen molar-refractivity contribution < 1.29 is 4.74 Å². The number of hydrogen-bond donors (Lipinski definition) is 0. The van der Waals surface area contributed by atoms with Crippen LogP contribution < -0.4 is 0 Å². The molecule has 4 atom stereocenters. The molecule has 1 aromatic carbocycles. The quantitative estimate of drug-likeness (QED) is 0.283. The van der Waals surface area contributed by atoms with E-state index in [-0.39, 0.29) is 23.5 Å². The molecule has 2 rings (SSSR count). The first-order valence-corrected chi connectivity index (χ1v) is 11.1. The van der Waals surface area contributed by atoms with E-state index >= 15 is 0 Å². The van der Waals surface area contributed by atoms with Gasteiger partial charge >= 0.3 is 0 Å². The van der Waals surface area contributed by atoms with Crippen molar-refractivity contribution in [2.75, 3.05) is 5.88 Å². The average Bonchev–Trinajstić information content (AvgIpc) is 2.64. The van der Waals surface area contributed by atoms with Gasteiger partial charge in [0, 0.05) is 17.2 Å². The minimum absolute atomic E-state index is 0.0361. The molecule has 1 aliphatic heterocycles. The Hall–Kier alpha value is -0.240. The third kappa shape index (κ3) is 7.12. The highest BCUT2D eigenvalue weighted by Gasteiger charge is 2.37. The zero-order valence-corrected chi connectivity index (χ0v) is 17.2. The second kappa shape index (κ2) is 12.2. The summed E-state index contributed by atoms with van der Waals surface area (Å²) < 4.78 is 6.44. The summed E-state index contributed by atoms with van der Waals surface area (Å²) in [7, 11) is 0. The average molecular weight is 385 g/mol. The maximum Gasteiger partial charge on any atom is 0.0882 e. The Balaban J connectivity index is 1.75. The first-order chi connectivity index (χ1) is 12.3. The van der Waals surface area contributed by atoms with Gasteiger partial charge in [-0.05, 0) is 18.4 Å². The summed E-state index contributed by atoms with van der Waals surface area (Å²) in [6.45, 7) is 2.27. The van der Waals surface area contributed by atoms with Crippen LogP contribution in [-0.4, -0.2) is 17.4 Å². The van der Waals surface area contributed by atoms with Crippen molar-refractivity contribution in [3.8, 4) is 0 Å². The number of benzene rings is 1. The van der Waals surface area contributed by atoms with Crippen molar-refractivity contribution in [1.29, 1.82) is 0 Å². The first kappa shape index (κ1) is 21.1. The van der Waals surface area contributed by atoms with Crippen molar-refractivity contribution >= 4 is 23.2 Å². The number of halogens is 2.